The van der Waals surface area contributed by atoms with Gasteiger partial charge in [-0.25, -0.2) is 9.50 Å². The number of carbonyl (C=O) groups is 1. The molecule has 0 aliphatic heterocycles. The normalized spacial score (nSPS) is 11.0. The highest BCUT2D eigenvalue weighted by molar-refractivity contribution is 7.99. The maximum absolute atomic E-state index is 12.5. The number of nitrogens with zero attached hydrogens (tertiary/aromatic N) is 3. The van der Waals surface area contributed by atoms with Crippen LogP contribution in [0.15, 0.2) is 59.8 Å². The Hall–Kier alpha value is -3.32. The van der Waals surface area contributed by atoms with Gasteiger partial charge in [0.15, 0.2) is 5.65 Å². The minimum Gasteiger partial charge on any atom is -0.497 e. The van der Waals surface area contributed by atoms with Gasteiger partial charge >= 0.3 is 0 Å². The molecule has 2 heterocycles. The first-order chi connectivity index (χ1) is 14.9. The average molecular weight is 433 g/mol. The van der Waals surface area contributed by atoms with Crippen LogP contribution in [0.4, 0.5) is 5.69 Å². The van der Waals surface area contributed by atoms with Gasteiger partial charge in [0.2, 0.25) is 5.91 Å². The lowest BCUT2D eigenvalue weighted by molar-refractivity contribution is -0.113. The van der Waals surface area contributed by atoms with Crippen LogP contribution in [-0.2, 0) is 4.79 Å². The van der Waals surface area contributed by atoms with E-state index in [4.69, 9.17) is 4.74 Å². The predicted octanol–water partition coefficient (Wildman–Crippen LogP) is 5.06. The number of methoxy groups -OCH3 is 1. The van der Waals surface area contributed by atoms with Gasteiger partial charge in [0, 0.05) is 16.9 Å². The van der Waals surface area contributed by atoms with Crippen LogP contribution < -0.4 is 10.1 Å². The fraction of sp³-hybridized carbons (Fsp3) is 0.208. The van der Waals surface area contributed by atoms with E-state index in [1.807, 2.05) is 68.6 Å². The standard InChI is InChI=1S/C24H24N4O2S/c1-15-5-8-19(11-16(15)2)27-22(29)14-31-23-12-17(3)26-24-21(13-25-28(23)24)18-6-9-20(30-4)10-7-18/h5-13H,14H2,1-4H3,(H,27,29). The lowest BCUT2D eigenvalue weighted by Crippen LogP contribution is -2.14. The van der Waals surface area contributed by atoms with Crippen molar-refractivity contribution in [1.82, 2.24) is 14.6 Å². The fourth-order valence-electron chi connectivity index (χ4n) is 3.28. The van der Waals surface area contributed by atoms with Crippen LogP contribution in [0.1, 0.15) is 16.8 Å². The number of thioether (sulfide) groups is 1. The van der Waals surface area contributed by atoms with Gasteiger partial charge in [-0.05, 0) is 67.8 Å². The molecule has 158 valence electrons. The number of ether oxygens (including phenoxy) is 1. The molecule has 7 heteroatoms. The molecule has 0 bridgehead atoms. The van der Waals surface area contributed by atoms with E-state index >= 15 is 0 Å². The average Bonchev–Trinajstić information content (AvgIpc) is 3.18. The molecule has 0 fully saturated rings. The van der Waals surface area contributed by atoms with Gasteiger partial charge in [0.05, 0.1) is 19.1 Å². The van der Waals surface area contributed by atoms with Crippen molar-refractivity contribution in [2.45, 2.75) is 25.8 Å². The molecule has 0 saturated carbocycles. The first kappa shape index (κ1) is 20.9. The van der Waals surface area contributed by atoms with Crippen LogP contribution >= 0.6 is 11.8 Å². The van der Waals surface area contributed by atoms with Crippen molar-refractivity contribution in [3.63, 3.8) is 0 Å². The van der Waals surface area contributed by atoms with E-state index in [0.29, 0.717) is 0 Å². The molecule has 0 unspecified atom stereocenters. The van der Waals surface area contributed by atoms with E-state index in [1.165, 1.54) is 17.3 Å². The molecule has 2 aromatic heterocycles. The molecule has 31 heavy (non-hydrogen) atoms. The van der Waals surface area contributed by atoms with Gasteiger partial charge in [-0.3, -0.25) is 4.79 Å². The van der Waals surface area contributed by atoms with E-state index in [-0.39, 0.29) is 11.7 Å². The van der Waals surface area contributed by atoms with Gasteiger partial charge < -0.3 is 10.1 Å². The van der Waals surface area contributed by atoms with Crippen LogP contribution in [-0.4, -0.2) is 33.4 Å². The highest BCUT2D eigenvalue weighted by Gasteiger charge is 2.14. The van der Waals surface area contributed by atoms with Crippen LogP contribution in [0.3, 0.4) is 0 Å². The summed E-state index contributed by atoms with van der Waals surface area (Å²) >= 11 is 1.44. The topological polar surface area (TPSA) is 68.5 Å². The number of hydrogen-bond donors (Lipinski definition) is 1. The molecule has 0 radical (unpaired) electrons. The maximum atomic E-state index is 12.5. The third-order valence-corrected chi connectivity index (χ3v) is 6.10. The molecule has 1 amide bonds. The van der Waals surface area contributed by atoms with Crippen molar-refractivity contribution in [2.75, 3.05) is 18.2 Å². The number of carbonyl (C=O) groups excluding carboxylic acids is 1. The summed E-state index contributed by atoms with van der Waals surface area (Å²) in [6, 6.07) is 15.7. The number of aryl methyl sites for hydroxylation is 3. The Bertz CT molecular complexity index is 1250. The first-order valence-corrected chi connectivity index (χ1v) is 10.9. The lowest BCUT2D eigenvalue weighted by Gasteiger charge is -2.09. The molecular weight excluding hydrogens is 408 g/mol. The largest absolute Gasteiger partial charge is 0.497 e. The number of rotatable bonds is 6. The summed E-state index contributed by atoms with van der Waals surface area (Å²) in [5.74, 6) is 1.03. The molecule has 0 atom stereocenters. The smallest absolute Gasteiger partial charge is 0.234 e. The van der Waals surface area contributed by atoms with Crippen LogP contribution in [0.5, 0.6) is 5.75 Å². The van der Waals surface area contributed by atoms with Crippen molar-refractivity contribution in [3.8, 4) is 16.9 Å². The minimum atomic E-state index is -0.0570. The van der Waals surface area contributed by atoms with Crippen LogP contribution in [0, 0.1) is 20.8 Å². The Morgan fingerprint density at radius 1 is 1.06 bits per heavy atom. The Kier molecular flexibility index (Phi) is 5.95. The zero-order chi connectivity index (χ0) is 22.0. The summed E-state index contributed by atoms with van der Waals surface area (Å²) < 4.78 is 7.04. The van der Waals surface area contributed by atoms with E-state index < -0.39 is 0 Å². The first-order valence-electron chi connectivity index (χ1n) is 9.94. The molecule has 4 aromatic rings. The predicted molar refractivity (Wildman–Crippen MR) is 125 cm³/mol. The molecule has 0 aliphatic rings. The number of nitrogens with one attached hydrogen (secondary N) is 1. The molecule has 6 nitrogen and oxygen atoms in total. The Labute approximate surface area is 185 Å². The minimum absolute atomic E-state index is 0.0570. The Balaban J connectivity index is 1.54. The number of anilines is 1. The summed E-state index contributed by atoms with van der Waals surface area (Å²) in [5, 5.41) is 8.37. The third kappa shape index (κ3) is 4.56. The Morgan fingerprint density at radius 3 is 2.55 bits per heavy atom. The van der Waals surface area contributed by atoms with Gasteiger partial charge in [0.1, 0.15) is 10.8 Å². The summed E-state index contributed by atoms with van der Waals surface area (Å²) in [4.78, 5) is 17.2. The monoisotopic (exact) mass is 432 g/mol. The lowest BCUT2D eigenvalue weighted by atomic mass is 10.1. The van der Waals surface area contributed by atoms with Crippen molar-refractivity contribution < 1.29 is 9.53 Å². The second-order valence-electron chi connectivity index (χ2n) is 7.39. The molecule has 0 spiro atoms. The summed E-state index contributed by atoms with van der Waals surface area (Å²) in [6.07, 6.45) is 1.81. The number of hydrogen-bond acceptors (Lipinski definition) is 5. The van der Waals surface area contributed by atoms with Gasteiger partial charge in [-0.15, -0.1) is 0 Å². The van der Waals surface area contributed by atoms with Crippen molar-refractivity contribution in [2.24, 2.45) is 0 Å². The molecule has 1 N–H and O–H groups in total. The van der Waals surface area contributed by atoms with Crippen molar-refractivity contribution in [1.29, 1.82) is 0 Å². The quantitative estimate of drug-likeness (QED) is 0.341. The van der Waals surface area contributed by atoms with Crippen molar-refractivity contribution >= 4 is 29.0 Å². The number of benzene rings is 2. The van der Waals surface area contributed by atoms with Crippen LogP contribution in [0.2, 0.25) is 0 Å². The van der Waals surface area contributed by atoms with E-state index in [9.17, 15) is 4.79 Å². The summed E-state index contributed by atoms with van der Waals surface area (Å²) in [6.45, 7) is 6.04. The number of fused-ring (bicyclic) bond motifs is 1. The highest BCUT2D eigenvalue weighted by atomic mass is 32.2. The maximum Gasteiger partial charge on any atom is 0.234 e. The van der Waals surface area contributed by atoms with Gasteiger partial charge in [-0.2, -0.15) is 5.10 Å². The van der Waals surface area contributed by atoms with E-state index in [1.54, 1.807) is 11.6 Å². The highest BCUT2D eigenvalue weighted by Crippen LogP contribution is 2.29. The zero-order valence-corrected chi connectivity index (χ0v) is 18.8. The molecule has 0 saturated heterocycles. The van der Waals surface area contributed by atoms with E-state index in [0.717, 1.165) is 44.5 Å². The van der Waals surface area contributed by atoms with Crippen molar-refractivity contribution in [3.05, 3.63) is 71.5 Å². The second-order valence-corrected chi connectivity index (χ2v) is 8.39. The fourth-order valence-corrected chi connectivity index (χ4v) is 4.14. The SMILES string of the molecule is COc1ccc(-c2cnn3c(SCC(=O)Nc4ccc(C)c(C)c4)cc(C)nc23)cc1. The second kappa shape index (κ2) is 8.81. The summed E-state index contributed by atoms with van der Waals surface area (Å²) in [5.41, 5.74) is 6.76. The third-order valence-electron chi connectivity index (χ3n) is 5.11. The van der Waals surface area contributed by atoms with Crippen LogP contribution in [0.25, 0.3) is 16.8 Å². The van der Waals surface area contributed by atoms with Gasteiger partial charge in [0.25, 0.3) is 0 Å². The van der Waals surface area contributed by atoms with Gasteiger partial charge in [-0.1, -0.05) is 30.0 Å². The van der Waals surface area contributed by atoms with E-state index in [2.05, 4.69) is 22.3 Å². The molecule has 0 aliphatic carbocycles. The Morgan fingerprint density at radius 2 is 1.84 bits per heavy atom. The number of aromatic nitrogens is 3. The summed E-state index contributed by atoms with van der Waals surface area (Å²) in [7, 11) is 1.65. The zero-order valence-electron chi connectivity index (χ0n) is 18.0. The molecular formula is C24H24N4O2S. The molecule has 2 aromatic carbocycles. The number of amides is 1. The molecule has 4 rings (SSSR count).